The van der Waals surface area contributed by atoms with Crippen LogP contribution in [0.2, 0.25) is 0 Å². The van der Waals surface area contributed by atoms with Gasteiger partial charge in [0.25, 0.3) is 5.91 Å². The van der Waals surface area contributed by atoms with Gasteiger partial charge in [0.05, 0.1) is 11.9 Å². The Balaban J connectivity index is 1.40. The molecule has 2 aromatic heterocycles. The van der Waals surface area contributed by atoms with Crippen molar-refractivity contribution in [3.63, 3.8) is 0 Å². The summed E-state index contributed by atoms with van der Waals surface area (Å²) >= 11 is 0. The van der Waals surface area contributed by atoms with Crippen LogP contribution >= 0.6 is 0 Å². The van der Waals surface area contributed by atoms with Gasteiger partial charge in [-0.15, -0.1) is 0 Å². The van der Waals surface area contributed by atoms with Gasteiger partial charge in [0, 0.05) is 25.3 Å². The van der Waals surface area contributed by atoms with Crippen LogP contribution in [0.25, 0.3) is 11.2 Å². The van der Waals surface area contributed by atoms with Crippen LogP contribution < -0.4 is 0 Å². The minimum Gasteiger partial charge on any atom is -0.338 e. The molecule has 0 unspecified atom stereocenters. The molecule has 0 N–H and O–H groups in total. The summed E-state index contributed by atoms with van der Waals surface area (Å²) in [5.74, 6) is 0.0585. The summed E-state index contributed by atoms with van der Waals surface area (Å²) in [4.78, 5) is 23.9. The van der Waals surface area contributed by atoms with Crippen molar-refractivity contribution in [3.8, 4) is 0 Å². The molecule has 1 amide bonds. The van der Waals surface area contributed by atoms with Crippen molar-refractivity contribution in [2.45, 2.75) is 31.7 Å². The first-order valence-electron chi connectivity index (χ1n) is 8.98. The average Bonchev–Trinajstić information content (AvgIpc) is 3.44. The normalized spacial score (nSPS) is 17.4. The van der Waals surface area contributed by atoms with Crippen molar-refractivity contribution in [2.24, 2.45) is 0 Å². The van der Waals surface area contributed by atoms with Crippen LogP contribution in [-0.2, 0) is 12.8 Å². The molecule has 3 aromatic rings. The van der Waals surface area contributed by atoms with E-state index in [-0.39, 0.29) is 5.91 Å². The van der Waals surface area contributed by atoms with Crippen molar-refractivity contribution in [2.75, 3.05) is 13.1 Å². The Bertz CT molecular complexity index is 930. The van der Waals surface area contributed by atoms with E-state index in [1.54, 1.807) is 6.20 Å². The highest BCUT2D eigenvalue weighted by Crippen LogP contribution is 2.36. The number of amides is 1. The Hall–Kier alpha value is -2.69. The molecule has 0 spiro atoms. The molecule has 5 nitrogen and oxygen atoms in total. The standard InChI is InChI=1S/C20H20N4O/c25-20(23-9-7-14-3-1-2-4-15(14)8-10-23)16-11-18-19(21-12-16)24(13-22-18)17-5-6-17/h1-4,11-13,17H,5-10H2. The molecule has 2 aliphatic rings. The van der Waals surface area contributed by atoms with Gasteiger partial charge in [-0.25, -0.2) is 9.97 Å². The molecule has 1 aliphatic heterocycles. The van der Waals surface area contributed by atoms with Gasteiger partial charge in [-0.2, -0.15) is 0 Å². The van der Waals surface area contributed by atoms with E-state index in [1.165, 1.54) is 24.0 Å². The van der Waals surface area contributed by atoms with E-state index < -0.39 is 0 Å². The Morgan fingerprint density at radius 2 is 1.76 bits per heavy atom. The van der Waals surface area contributed by atoms with E-state index >= 15 is 0 Å². The summed E-state index contributed by atoms with van der Waals surface area (Å²) in [6.45, 7) is 1.51. The third-order valence-electron chi connectivity index (χ3n) is 5.31. The number of hydrogen-bond donors (Lipinski definition) is 0. The third kappa shape index (κ3) is 2.60. The number of benzene rings is 1. The van der Waals surface area contributed by atoms with Gasteiger partial charge in [0.1, 0.15) is 5.52 Å². The van der Waals surface area contributed by atoms with Gasteiger partial charge >= 0.3 is 0 Å². The van der Waals surface area contributed by atoms with E-state index in [2.05, 4.69) is 38.8 Å². The predicted molar refractivity (Wildman–Crippen MR) is 95.6 cm³/mol. The Morgan fingerprint density at radius 1 is 1.04 bits per heavy atom. The summed E-state index contributed by atoms with van der Waals surface area (Å²) in [6.07, 6.45) is 7.78. The number of carbonyl (C=O) groups is 1. The van der Waals surface area contributed by atoms with Gasteiger partial charge in [0.15, 0.2) is 5.65 Å². The van der Waals surface area contributed by atoms with Gasteiger partial charge in [-0.3, -0.25) is 4.79 Å². The molecule has 0 atom stereocenters. The van der Waals surface area contributed by atoms with Crippen molar-refractivity contribution in [1.82, 2.24) is 19.4 Å². The van der Waals surface area contributed by atoms with Crippen molar-refractivity contribution in [3.05, 3.63) is 59.5 Å². The van der Waals surface area contributed by atoms with Gasteiger partial charge < -0.3 is 9.47 Å². The van der Waals surface area contributed by atoms with E-state index in [9.17, 15) is 4.79 Å². The van der Waals surface area contributed by atoms with Crippen LogP contribution in [0, 0.1) is 0 Å². The van der Waals surface area contributed by atoms with E-state index in [1.807, 2.05) is 17.3 Å². The van der Waals surface area contributed by atoms with Gasteiger partial charge in [-0.1, -0.05) is 24.3 Å². The summed E-state index contributed by atoms with van der Waals surface area (Å²) in [7, 11) is 0. The second-order valence-electron chi connectivity index (χ2n) is 7.01. The first-order valence-corrected chi connectivity index (χ1v) is 8.98. The monoisotopic (exact) mass is 332 g/mol. The zero-order valence-electron chi connectivity index (χ0n) is 14.1. The molecule has 25 heavy (non-hydrogen) atoms. The maximum absolute atomic E-state index is 13.0. The number of nitrogens with zero attached hydrogens (tertiary/aromatic N) is 4. The van der Waals surface area contributed by atoms with Crippen molar-refractivity contribution in [1.29, 1.82) is 0 Å². The predicted octanol–water partition coefficient (Wildman–Crippen LogP) is 3.01. The summed E-state index contributed by atoms with van der Waals surface area (Å²) < 4.78 is 2.13. The number of imidazole rings is 1. The zero-order chi connectivity index (χ0) is 16.8. The molecule has 0 bridgehead atoms. The lowest BCUT2D eigenvalue weighted by Gasteiger charge is -2.20. The van der Waals surface area contributed by atoms with Gasteiger partial charge in [0.2, 0.25) is 0 Å². The number of carbonyl (C=O) groups excluding carboxylic acids is 1. The smallest absolute Gasteiger partial charge is 0.255 e. The second-order valence-corrected chi connectivity index (χ2v) is 7.01. The molecule has 1 aromatic carbocycles. The number of aromatic nitrogens is 3. The van der Waals surface area contributed by atoms with Crippen LogP contribution in [0.4, 0.5) is 0 Å². The Morgan fingerprint density at radius 3 is 2.44 bits per heavy atom. The molecule has 1 saturated carbocycles. The maximum Gasteiger partial charge on any atom is 0.255 e. The summed E-state index contributed by atoms with van der Waals surface area (Å²) in [6, 6.07) is 10.9. The lowest BCUT2D eigenvalue weighted by atomic mass is 10.0. The van der Waals surface area contributed by atoms with Crippen LogP contribution in [0.1, 0.15) is 40.4 Å². The SMILES string of the molecule is O=C(c1cnc2c(c1)ncn2C1CC1)N1CCc2ccccc2CC1. The topological polar surface area (TPSA) is 51.0 Å². The Kier molecular flexibility index (Phi) is 3.33. The fourth-order valence-corrected chi connectivity index (χ4v) is 3.71. The molecule has 5 rings (SSSR count). The highest BCUT2D eigenvalue weighted by molar-refractivity contribution is 5.96. The first-order chi connectivity index (χ1) is 12.3. The molecular weight excluding hydrogens is 312 g/mol. The fourth-order valence-electron chi connectivity index (χ4n) is 3.71. The molecule has 3 heterocycles. The van der Waals surface area contributed by atoms with Crippen LogP contribution in [0.3, 0.4) is 0 Å². The van der Waals surface area contributed by atoms with Gasteiger partial charge in [-0.05, 0) is 42.9 Å². The molecule has 1 fully saturated rings. The first kappa shape index (κ1) is 14.6. The second kappa shape index (κ2) is 5.69. The molecular formula is C20H20N4O. The van der Waals surface area contributed by atoms with E-state index in [0.29, 0.717) is 11.6 Å². The van der Waals surface area contributed by atoms with Crippen LogP contribution in [-0.4, -0.2) is 38.4 Å². The lowest BCUT2D eigenvalue weighted by Crippen LogP contribution is -2.33. The number of hydrogen-bond acceptors (Lipinski definition) is 3. The van der Waals surface area contributed by atoms with Crippen LogP contribution in [0.15, 0.2) is 42.9 Å². The third-order valence-corrected chi connectivity index (χ3v) is 5.31. The minimum atomic E-state index is 0.0585. The molecule has 0 radical (unpaired) electrons. The largest absolute Gasteiger partial charge is 0.338 e. The molecule has 1 aliphatic carbocycles. The van der Waals surface area contributed by atoms with Crippen molar-refractivity contribution >= 4 is 17.1 Å². The average molecular weight is 332 g/mol. The van der Waals surface area contributed by atoms with E-state index in [0.717, 1.165) is 37.1 Å². The Labute approximate surface area is 146 Å². The number of pyridine rings is 1. The van der Waals surface area contributed by atoms with Crippen molar-refractivity contribution < 1.29 is 4.79 Å². The van der Waals surface area contributed by atoms with Crippen LogP contribution in [0.5, 0.6) is 0 Å². The summed E-state index contributed by atoms with van der Waals surface area (Å²) in [5, 5.41) is 0. The summed E-state index contributed by atoms with van der Waals surface area (Å²) in [5.41, 5.74) is 5.06. The highest BCUT2D eigenvalue weighted by Gasteiger charge is 2.26. The van der Waals surface area contributed by atoms with E-state index in [4.69, 9.17) is 0 Å². The molecule has 126 valence electrons. The molecule has 0 saturated heterocycles. The minimum absolute atomic E-state index is 0.0585. The molecule has 5 heteroatoms. The lowest BCUT2D eigenvalue weighted by molar-refractivity contribution is 0.0763. The highest BCUT2D eigenvalue weighted by atomic mass is 16.2. The zero-order valence-corrected chi connectivity index (χ0v) is 14.1. The fraction of sp³-hybridized carbons (Fsp3) is 0.350. The maximum atomic E-state index is 13.0. The quantitative estimate of drug-likeness (QED) is 0.725. The number of fused-ring (bicyclic) bond motifs is 2. The number of rotatable bonds is 2.